The van der Waals surface area contributed by atoms with Crippen molar-refractivity contribution in [3.05, 3.63) is 28.2 Å². The number of carbonyl (C=O) groups is 2. The number of hydrogen-bond donors (Lipinski definition) is 4. The maximum Gasteiger partial charge on any atom is 0.328 e. The van der Waals surface area contributed by atoms with E-state index in [1.807, 2.05) is 0 Å². The summed E-state index contributed by atoms with van der Waals surface area (Å²) in [6.45, 7) is -0.726. The lowest BCUT2D eigenvalue weighted by Crippen LogP contribution is -2.43. The minimum absolute atomic E-state index is 0.0703. The summed E-state index contributed by atoms with van der Waals surface area (Å²) in [7, 11) is 0. The summed E-state index contributed by atoms with van der Waals surface area (Å²) in [4.78, 5) is 22.2. The number of phenolic OH excluding ortho intramolecular Hbond substituents is 1. The average Bonchev–Trinajstić information content (AvgIpc) is 2.28. The molecule has 92 valence electrons. The molecule has 0 bridgehead atoms. The van der Waals surface area contributed by atoms with Gasteiger partial charge in [0.1, 0.15) is 5.75 Å². The van der Waals surface area contributed by atoms with Gasteiger partial charge in [0.05, 0.1) is 12.2 Å². The molecule has 0 unspecified atom stereocenters. The van der Waals surface area contributed by atoms with Crippen molar-refractivity contribution in [2.24, 2.45) is 0 Å². The molecule has 1 rings (SSSR count). The summed E-state index contributed by atoms with van der Waals surface area (Å²) in [6.07, 6.45) is 0. The van der Waals surface area contributed by atoms with Gasteiger partial charge in [-0.2, -0.15) is 0 Å². The second kappa shape index (κ2) is 5.65. The lowest BCUT2D eigenvalue weighted by Gasteiger charge is -2.12. The van der Waals surface area contributed by atoms with Gasteiger partial charge in [-0.1, -0.05) is 15.9 Å². The summed E-state index contributed by atoms with van der Waals surface area (Å²) >= 11 is 3.12. The zero-order chi connectivity index (χ0) is 13.0. The molecule has 0 heterocycles. The Balaban J connectivity index is 2.89. The number of aliphatic hydroxyl groups excluding tert-OH is 1. The normalized spacial score (nSPS) is 11.9. The molecule has 0 aliphatic rings. The van der Waals surface area contributed by atoms with Gasteiger partial charge < -0.3 is 20.6 Å². The molecular formula is C10H10BrNO5. The van der Waals surface area contributed by atoms with Gasteiger partial charge in [-0.3, -0.25) is 4.79 Å². The minimum atomic E-state index is -1.40. The number of phenols is 1. The first-order valence-electron chi connectivity index (χ1n) is 4.58. The Labute approximate surface area is 105 Å². The molecule has 1 amide bonds. The van der Waals surface area contributed by atoms with Crippen LogP contribution in [0.5, 0.6) is 5.75 Å². The van der Waals surface area contributed by atoms with Crippen molar-refractivity contribution in [2.45, 2.75) is 6.04 Å². The van der Waals surface area contributed by atoms with E-state index in [9.17, 15) is 14.7 Å². The fourth-order valence-electron chi connectivity index (χ4n) is 1.11. The third-order valence-corrected chi connectivity index (χ3v) is 2.48. The molecule has 0 fully saturated rings. The molecule has 7 heteroatoms. The fraction of sp³-hybridized carbons (Fsp3) is 0.200. The highest BCUT2D eigenvalue weighted by Crippen LogP contribution is 2.21. The molecule has 0 radical (unpaired) electrons. The van der Waals surface area contributed by atoms with Crippen molar-refractivity contribution in [1.82, 2.24) is 5.32 Å². The van der Waals surface area contributed by atoms with E-state index < -0.39 is 24.5 Å². The van der Waals surface area contributed by atoms with Gasteiger partial charge in [0, 0.05) is 4.47 Å². The van der Waals surface area contributed by atoms with Gasteiger partial charge >= 0.3 is 5.97 Å². The number of aromatic hydroxyl groups is 1. The topological polar surface area (TPSA) is 107 Å². The molecule has 0 aliphatic carbocycles. The molecule has 0 saturated heterocycles. The van der Waals surface area contributed by atoms with Crippen LogP contribution >= 0.6 is 15.9 Å². The third-order valence-electron chi connectivity index (χ3n) is 1.99. The lowest BCUT2D eigenvalue weighted by molar-refractivity contribution is -0.140. The Hall–Kier alpha value is -1.60. The molecule has 0 aromatic heterocycles. The SMILES string of the molecule is O=C(N[C@H](CO)C(=O)O)c1cc(Br)ccc1O. The first-order valence-corrected chi connectivity index (χ1v) is 5.38. The Bertz CT molecular complexity index is 448. The molecular weight excluding hydrogens is 294 g/mol. The fourth-order valence-corrected chi connectivity index (χ4v) is 1.47. The molecule has 0 saturated carbocycles. The zero-order valence-electron chi connectivity index (χ0n) is 8.55. The molecule has 1 aromatic carbocycles. The van der Waals surface area contributed by atoms with Crippen molar-refractivity contribution >= 4 is 27.8 Å². The van der Waals surface area contributed by atoms with Crippen molar-refractivity contribution in [3.63, 3.8) is 0 Å². The van der Waals surface area contributed by atoms with E-state index in [1.54, 1.807) is 0 Å². The molecule has 6 nitrogen and oxygen atoms in total. The van der Waals surface area contributed by atoms with Crippen molar-refractivity contribution in [3.8, 4) is 5.75 Å². The van der Waals surface area contributed by atoms with Gasteiger partial charge in [0.15, 0.2) is 6.04 Å². The number of hydrogen-bond acceptors (Lipinski definition) is 4. The van der Waals surface area contributed by atoms with Crippen LogP contribution in [0.2, 0.25) is 0 Å². The number of aliphatic hydroxyl groups is 1. The van der Waals surface area contributed by atoms with E-state index in [0.717, 1.165) is 0 Å². The molecule has 0 aliphatic heterocycles. The second-order valence-corrected chi connectivity index (χ2v) is 4.12. The van der Waals surface area contributed by atoms with Crippen LogP contribution in [-0.4, -0.2) is 39.8 Å². The first-order chi connectivity index (χ1) is 7.95. The van der Waals surface area contributed by atoms with Crippen molar-refractivity contribution < 1.29 is 24.9 Å². The van der Waals surface area contributed by atoms with Crippen LogP contribution in [0.1, 0.15) is 10.4 Å². The van der Waals surface area contributed by atoms with Crippen LogP contribution < -0.4 is 5.32 Å². The third kappa shape index (κ3) is 3.43. The number of aliphatic carboxylic acids is 1. The number of nitrogens with one attached hydrogen (secondary N) is 1. The largest absolute Gasteiger partial charge is 0.507 e. The van der Waals surface area contributed by atoms with Crippen LogP contribution in [-0.2, 0) is 4.79 Å². The van der Waals surface area contributed by atoms with E-state index in [1.165, 1.54) is 18.2 Å². The molecule has 1 aromatic rings. The van der Waals surface area contributed by atoms with E-state index >= 15 is 0 Å². The number of benzene rings is 1. The number of carboxylic acid groups (broad SMARTS) is 1. The number of carbonyl (C=O) groups excluding carboxylic acids is 1. The van der Waals surface area contributed by atoms with Crippen molar-refractivity contribution in [1.29, 1.82) is 0 Å². The quantitative estimate of drug-likeness (QED) is 0.641. The summed E-state index contributed by atoms with van der Waals surface area (Å²) in [6, 6.07) is 2.78. The van der Waals surface area contributed by atoms with E-state index in [2.05, 4.69) is 21.2 Å². The van der Waals surface area contributed by atoms with Crippen LogP contribution in [0.3, 0.4) is 0 Å². The summed E-state index contributed by atoms with van der Waals surface area (Å²) in [5.41, 5.74) is -0.0703. The molecule has 17 heavy (non-hydrogen) atoms. The molecule has 0 spiro atoms. The number of halogens is 1. The van der Waals surface area contributed by atoms with Crippen LogP contribution in [0.4, 0.5) is 0 Å². The first kappa shape index (κ1) is 13.5. The van der Waals surface area contributed by atoms with Gasteiger partial charge in [-0.05, 0) is 18.2 Å². The number of rotatable bonds is 4. The van der Waals surface area contributed by atoms with Crippen LogP contribution in [0, 0.1) is 0 Å². The maximum atomic E-state index is 11.6. The lowest BCUT2D eigenvalue weighted by atomic mass is 10.1. The summed E-state index contributed by atoms with van der Waals surface area (Å²) < 4.78 is 0.566. The Kier molecular flexibility index (Phi) is 4.47. The van der Waals surface area contributed by atoms with Gasteiger partial charge in [0.2, 0.25) is 0 Å². The minimum Gasteiger partial charge on any atom is -0.507 e. The average molecular weight is 304 g/mol. The van der Waals surface area contributed by atoms with Crippen LogP contribution in [0.15, 0.2) is 22.7 Å². The number of carboxylic acids is 1. The standard InChI is InChI=1S/C10H10BrNO5/c11-5-1-2-8(14)6(3-5)9(15)12-7(4-13)10(16)17/h1-3,7,13-14H,4H2,(H,12,15)(H,16,17)/t7-/m1/s1. The van der Waals surface area contributed by atoms with Gasteiger partial charge in [-0.15, -0.1) is 0 Å². The Morgan fingerprint density at radius 2 is 2.06 bits per heavy atom. The van der Waals surface area contributed by atoms with Gasteiger partial charge in [0.25, 0.3) is 5.91 Å². The highest BCUT2D eigenvalue weighted by Gasteiger charge is 2.21. The molecule has 1 atom stereocenters. The zero-order valence-corrected chi connectivity index (χ0v) is 10.1. The number of amides is 1. The maximum absolute atomic E-state index is 11.6. The monoisotopic (exact) mass is 303 g/mol. The van der Waals surface area contributed by atoms with E-state index in [-0.39, 0.29) is 11.3 Å². The predicted molar refractivity (Wildman–Crippen MR) is 61.8 cm³/mol. The molecule has 4 N–H and O–H groups in total. The van der Waals surface area contributed by atoms with E-state index in [4.69, 9.17) is 10.2 Å². The smallest absolute Gasteiger partial charge is 0.328 e. The summed E-state index contributed by atoms with van der Waals surface area (Å²) in [5, 5.41) is 28.9. The highest BCUT2D eigenvalue weighted by atomic mass is 79.9. The summed E-state index contributed by atoms with van der Waals surface area (Å²) in [5.74, 6) is -2.40. The Morgan fingerprint density at radius 3 is 2.59 bits per heavy atom. The van der Waals surface area contributed by atoms with E-state index in [0.29, 0.717) is 4.47 Å². The predicted octanol–water partition coefficient (Wildman–Crippen LogP) is 0.330. The second-order valence-electron chi connectivity index (χ2n) is 3.21. The van der Waals surface area contributed by atoms with Crippen molar-refractivity contribution in [2.75, 3.05) is 6.61 Å². The Morgan fingerprint density at radius 1 is 1.41 bits per heavy atom. The highest BCUT2D eigenvalue weighted by molar-refractivity contribution is 9.10. The van der Waals surface area contributed by atoms with Crippen LogP contribution in [0.25, 0.3) is 0 Å². The van der Waals surface area contributed by atoms with Gasteiger partial charge in [-0.25, -0.2) is 4.79 Å².